The predicted molar refractivity (Wildman–Crippen MR) is 82.0 cm³/mol. The van der Waals surface area contributed by atoms with Crippen LogP contribution in [0.4, 0.5) is 5.69 Å². The molecule has 1 amide bonds. The van der Waals surface area contributed by atoms with E-state index >= 15 is 0 Å². The van der Waals surface area contributed by atoms with Crippen LogP contribution in [0.3, 0.4) is 0 Å². The van der Waals surface area contributed by atoms with Crippen LogP contribution < -0.4 is 15.8 Å². The first-order chi connectivity index (χ1) is 10.2. The number of aromatic nitrogens is 1. The number of rotatable bonds is 6. The number of nitrogen functional groups attached to an aromatic ring is 1. The third-order valence-electron chi connectivity index (χ3n) is 2.83. The molecule has 1 aromatic carbocycles. The largest absolute Gasteiger partial charge is 0.487 e. The Morgan fingerprint density at radius 1 is 1.33 bits per heavy atom. The Morgan fingerprint density at radius 3 is 2.81 bits per heavy atom. The number of ether oxygens (including phenoxy) is 1. The van der Waals surface area contributed by atoms with Crippen LogP contribution in [-0.2, 0) is 6.54 Å². The molecule has 0 unspecified atom stereocenters. The molecule has 0 aliphatic carbocycles. The van der Waals surface area contributed by atoms with Crippen LogP contribution in [0.1, 0.15) is 15.9 Å². The quantitative estimate of drug-likeness (QED) is 0.629. The second-order valence-electron chi connectivity index (χ2n) is 4.39. The number of benzene rings is 1. The van der Waals surface area contributed by atoms with E-state index in [1.54, 1.807) is 36.7 Å². The summed E-state index contributed by atoms with van der Waals surface area (Å²) in [5.41, 5.74) is 7.77. The zero-order valence-electron chi connectivity index (χ0n) is 11.6. The molecule has 0 bridgehead atoms. The van der Waals surface area contributed by atoms with Gasteiger partial charge in [0, 0.05) is 24.5 Å². The van der Waals surface area contributed by atoms with Crippen LogP contribution in [-0.4, -0.2) is 17.5 Å². The fourth-order valence-electron chi connectivity index (χ4n) is 1.73. The van der Waals surface area contributed by atoms with E-state index in [9.17, 15) is 4.79 Å². The van der Waals surface area contributed by atoms with E-state index in [1.807, 2.05) is 12.1 Å². The third-order valence-corrected chi connectivity index (χ3v) is 2.83. The summed E-state index contributed by atoms with van der Waals surface area (Å²) in [5, 5.41) is 2.83. The Kier molecular flexibility index (Phi) is 4.93. The molecule has 1 heterocycles. The fraction of sp³-hybridized carbons (Fsp3) is 0.125. The van der Waals surface area contributed by atoms with Gasteiger partial charge in [0.1, 0.15) is 12.4 Å². The van der Waals surface area contributed by atoms with Gasteiger partial charge in [-0.2, -0.15) is 0 Å². The van der Waals surface area contributed by atoms with Gasteiger partial charge in [0.05, 0.1) is 5.69 Å². The molecule has 21 heavy (non-hydrogen) atoms. The number of hydrogen-bond acceptors (Lipinski definition) is 4. The smallest absolute Gasteiger partial charge is 0.251 e. The summed E-state index contributed by atoms with van der Waals surface area (Å²) >= 11 is 0. The number of amides is 1. The maximum atomic E-state index is 12.1. The molecule has 5 nitrogen and oxygen atoms in total. The highest BCUT2D eigenvalue weighted by Crippen LogP contribution is 2.22. The summed E-state index contributed by atoms with van der Waals surface area (Å²) in [6.45, 7) is 4.35. The molecule has 0 radical (unpaired) electrons. The van der Waals surface area contributed by atoms with Crippen molar-refractivity contribution in [2.75, 3.05) is 12.3 Å². The third kappa shape index (κ3) is 4.07. The highest BCUT2D eigenvalue weighted by Gasteiger charge is 2.09. The van der Waals surface area contributed by atoms with Gasteiger partial charge in [-0.25, -0.2) is 0 Å². The fourth-order valence-corrected chi connectivity index (χ4v) is 1.73. The minimum atomic E-state index is -0.185. The van der Waals surface area contributed by atoms with Crippen molar-refractivity contribution in [3.63, 3.8) is 0 Å². The minimum Gasteiger partial charge on any atom is -0.487 e. The summed E-state index contributed by atoms with van der Waals surface area (Å²) < 4.78 is 5.41. The summed E-state index contributed by atoms with van der Waals surface area (Å²) in [7, 11) is 0. The molecule has 2 aromatic rings. The van der Waals surface area contributed by atoms with Crippen LogP contribution >= 0.6 is 0 Å². The first-order valence-corrected chi connectivity index (χ1v) is 6.51. The van der Waals surface area contributed by atoms with Gasteiger partial charge in [0.15, 0.2) is 0 Å². The highest BCUT2D eigenvalue weighted by molar-refractivity contribution is 5.95. The molecule has 0 aliphatic rings. The Balaban J connectivity index is 2.03. The van der Waals surface area contributed by atoms with E-state index in [0.29, 0.717) is 30.2 Å². The number of nitrogens with zero attached hydrogens (tertiary/aromatic N) is 1. The molecule has 0 spiro atoms. The number of carbonyl (C=O) groups excluding carboxylic acids is 1. The molecule has 0 aliphatic heterocycles. The Hall–Kier alpha value is -2.82. The van der Waals surface area contributed by atoms with Gasteiger partial charge in [0.2, 0.25) is 0 Å². The Morgan fingerprint density at radius 2 is 2.10 bits per heavy atom. The van der Waals surface area contributed by atoms with E-state index in [1.165, 1.54) is 0 Å². The van der Waals surface area contributed by atoms with Gasteiger partial charge in [-0.15, -0.1) is 0 Å². The van der Waals surface area contributed by atoms with Crippen LogP contribution in [0.5, 0.6) is 5.75 Å². The normalized spacial score (nSPS) is 9.90. The lowest BCUT2D eigenvalue weighted by Gasteiger charge is -2.10. The zero-order valence-corrected chi connectivity index (χ0v) is 11.6. The molecule has 3 N–H and O–H groups in total. The lowest BCUT2D eigenvalue weighted by Crippen LogP contribution is -2.22. The minimum absolute atomic E-state index is 0.185. The van der Waals surface area contributed by atoms with Gasteiger partial charge in [-0.05, 0) is 35.9 Å². The van der Waals surface area contributed by atoms with Gasteiger partial charge < -0.3 is 15.8 Å². The van der Waals surface area contributed by atoms with Crippen molar-refractivity contribution < 1.29 is 9.53 Å². The first-order valence-electron chi connectivity index (χ1n) is 6.51. The van der Waals surface area contributed by atoms with Gasteiger partial charge >= 0.3 is 0 Å². The molecule has 108 valence electrons. The van der Waals surface area contributed by atoms with Crippen LogP contribution in [0.25, 0.3) is 0 Å². The van der Waals surface area contributed by atoms with Crippen molar-refractivity contribution in [1.29, 1.82) is 0 Å². The maximum Gasteiger partial charge on any atom is 0.251 e. The van der Waals surface area contributed by atoms with Crippen LogP contribution in [0, 0.1) is 0 Å². The topological polar surface area (TPSA) is 77.2 Å². The molecule has 0 atom stereocenters. The van der Waals surface area contributed by atoms with E-state index in [2.05, 4.69) is 16.9 Å². The van der Waals surface area contributed by atoms with Gasteiger partial charge in [-0.3, -0.25) is 9.78 Å². The van der Waals surface area contributed by atoms with Crippen molar-refractivity contribution in [3.05, 3.63) is 66.5 Å². The first kappa shape index (κ1) is 14.6. The lowest BCUT2D eigenvalue weighted by molar-refractivity contribution is 0.0950. The van der Waals surface area contributed by atoms with E-state index in [4.69, 9.17) is 10.5 Å². The molecule has 0 fully saturated rings. The molecule has 2 rings (SSSR count). The van der Waals surface area contributed by atoms with E-state index in [0.717, 1.165) is 5.56 Å². The molecular weight excluding hydrogens is 266 g/mol. The summed E-state index contributed by atoms with van der Waals surface area (Å²) in [5.74, 6) is 0.293. The highest BCUT2D eigenvalue weighted by atomic mass is 16.5. The average Bonchev–Trinajstić information content (AvgIpc) is 2.53. The number of hydrogen-bond donors (Lipinski definition) is 2. The summed E-state index contributed by atoms with van der Waals surface area (Å²) in [4.78, 5) is 16.0. The van der Waals surface area contributed by atoms with E-state index < -0.39 is 0 Å². The SMILES string of the molecule is C=CCOc1cc(C(=O)NCc2ccncc2)ccc1N. The van der Waals surface area contributed by atoms with Crippen LogP contribution in [0.15, 0.2) is 55.4 Å². The summed E-state index contributed by atoms with van der Waals surface area (Å²) in [6, 6.07) is 8.64. The van der Waals surface area contributed by atoms with Crippen molar-refractivity contribution in [2.24, 2.45) is 0 Å². The number of pyridine rings is 1. The van der Waals surface area contributed by atoms with Crippen molar-refractivity contribution in [2.45, 2.75) is 6.54 Å². The van der Waals surface area contributed by atoms with E-state index in [-0.39, 0.29) is 5.91 Å². The van der Waals surface area contributed by atoms with Crippen molar-refractivity contribution >= 4 is 11.6 Å². The zero-order chi connectivity index (χ0) is 15.1. The molecule has 1 aromatic heterocycles. The number of carbonyl (C=O) groups is 1. The van der Waals surface area contributed by atoms with Crippen molar-refractivity contribution in [3.8, 4) is 5.75 Å². The second-order valence-corrected chi connectivity index (χ2v) is 4.39. The molecular formula is C16H17N3O2. The number of nitrogens with two attached hydrogens (primary N) is 1. The number of anilines is 1. The van der Waals surface area contributed by atoms with Gasteiger partial charge in [0.25, 0.3) is 5.91 Å². The lowest BCUT2D eigenvalue weighted by atomic mass is 10.1. The Labute approximate surface area is 123 Å². The number of nitrogens with one attached hydrogen (secondary N) is 1. The predicted octanol–water partition coefficient (Wildman–Crippen LogP) is 2.16. The average molecular weight is 283 g/mol. The molecule has 0 saturated heterocycles. The van der Waals surface area contributed by atoms with Crippen LogP contribution in [0.2, 0.25) is 0 Å². The van der Waals surface area contributed by atoms with Crippen molar-refractivity contribution in [1.82, 2.24) is 10.3 Å². The summed E-state index contributed by atoms with van der Waals surface area (Å²) in [6.07, 6.45) is 4.99. The Bertz CT molecular complexity index is 627. The second kappa shape index (κ2) is 7.09. The maximum absolute atomic E-state index is 12.1. The monoisotopic (exact) mass is 283 g/mol. The standard InChI is InChI=1S/C16H17N3O2/c1-2-9-21-15-10-13(3-4-14(15)17)16(20)19-11-12-5-7-18-8-6-12/h2-8,10H,1,9,11,17H2,(H,19,20). The molecule has 0 saturated carbocycles. The molecule has 5 heteroatoms. The van der Waals surface area contributed by atoms with Gasteiger partial charge in [-0.1, -0.05) is 12.7 Å².